The fourth-order valence-corrected chi connectivity index (χ4v) is 2.51. The molecule has 0 aromatic carbocycles. The van der Waals surface area contributed by atoms with Gasteiger partial charge in [-0.1, -0.05) is 0 Å². The second-order valence-corrected chi connectivity index (χ2v) is 6.02. The Hall–Kier alpha value is -2.15. The first-order chi connectivity index (χ1) is 11.6. The standard InChI is InChI=1S/C17H27N5O2/c1-3-19-16(22-13-17(2)7-5-11-24-17)21-10-9-20-15(23)14-6-4-8-18-12-14/h4,6,8,12H,3,5,7,9-11,13H2,1-2H3,(H,20,23)(H2,19,21,22). The van der Waals surface area contributed by atoms with Crippen molar-refractivity contribution in [2.24, 2.45) is 4.99 Å². The fourth-order valence-electron chi connectivity index (χ4n) is 2.51. The molecule has 0 saturated carbocycles. The van der Waals surface area contributed by atoms with Gasteiger partial charge in [0.25, 0.3) is 5.91 Å². The van der Waals surface area contributed by atoms with Crippen LogP contribution in [0.2, 0.25) is 0 Å². The number of carbonyl (C=O) groups is 1. The number of aliphatic imine (C=N–C) groups is 1. The van der Waals surface area contributed by atoms with Gasteiger partial charge in [0.15, 0.2) is 5.96 Å². The number of nitrogens with one attached hydrogen (secondary N) is 3. The summed E-state index contributed by atoms with van der Waals surface area (Å²) in [4.78, 5) is 20.4. The van der Waals surface area contributed by atoms with Gasteiger partial charge in [-0.2, -0.15) is 0 Å². The van der Waals surface area contributed by atoms with Gasteiger partial charge in [-0.05, 0) is 38.8 Å². The summed E-state index contributed by atoms with van der Waals surface area (Å²) in [5, 5.41) is 9.28. The van der Waals surface area contributed by atoms with Crippen molar-refractivity contribution in [1.29, 1.82) is 0 Å². The van der Waals surface area contributed by atoms with Crippen molar-refractivity contribution < 1.29 is 9.53 Å². The molecule has 0 aliphatic carbocycles. The zero-order chi connectivity index (χ0) is 17.3. The van der Waals surface area contributed by atoms with E-state index in [1.165, 1.54) is 0 Å². The number of nitrogens with zero attached hydrogens (tertiary/aromatic N) is 2. The summed E-state index contributed by atoms with van der Waals surface area (Å²) in [5.74, 6) is 0.614. The third-order valence-corrected chi connectivity index (χ3v) is 3.84. The summed E-state index contributed by atoms with van der Waals surface area (Å²) in [6.07, 6.45) is 5.33. The molecule has 24 heavy (non-hydrogen) atoms. The number of rotatable bonds is 7. The summed E-state index contributed by atoms with van der Waals surface area (Å²) in [6.45, 7) is 7.45. The molecule has 1 saturated heterocycles. The van der Waals surface area contributed by atoms with Crippen molar-refractivity contribution in [3.8, 4) is 0 Å². The molecular formula is C17H27N5O2. The normalized spacial score (nSPS) is 20.7. The van der Waals surface area contributed by atoms with E-state index in [0.29, 0.717) is 25.2 Å². The monoisotopic (exact) mass is 333 g/mol. The van der Waals surface area contributed by atoms with Gasteiger partial charge in [-0.25, -0.2) is 0 Å². The molecule has 1 aliphatic rings. The van der Waals surface area contributed by atoms with Crippen molar-refractivity contribution in [2.45, 2.75) is 32.3 Å². The summed E-state index contributed by atoms with van der Waals surface area (Å²) in [6, 6.07) is 3.48. The van der Waals surface area contributed by atoms with Crippen LogP contribution in [-0.2, 0) is 4.74 Å². The Morgan fingerprint density at radius 1 is 1.38 bits per heavy atom. The Morgan fingerprint density at radius 3 is 2.88 bits per heavy atom. The fraction of sp³-hybridized carbons (Fsp3) is 0.588. The molecule has 1 aliphatic heterocycles. The summed E-state index contributed by atoms with van der Waals surface area (Å²) >= 11 is 0. The van der Waals surface area contributed by atoms with Crippen molar-refractivity contribution in [2.75, 3.05) is 32.8 Å². The molecule has 2 heterocycles. The number of carbonyl (C=O) groups excluding carboxylic acids is 1. The van der Waals surface area contributed by atoms with Gasteiger partial charge in [0.2, 0.25) is 0 Å². The molecule has 0 spiro atoms. The van der Waals surface area contributed by atoms with Crippen LogP contribution in [0.4, 0.5) is 0 Å². The van der Waals surface area contributed by atoms with Crippen molar-refractivity contribution in [3.63, 3.8) is 0 Å². The molecule has 1 aromatic rings. The van der Waals surface area contributed by atoms with E-state index in [2.05, 4.69) is 32.9 Å². The van der Waals surface area contributed by atoms with Crippen molar-refractivity contribution in [1.82, 2.24) is 20.9 Å². The molecule has 1 unspecified atom stereocenters. The van der Waals surface area contributed by atoms with E-state index in [4.69, 9.17) is 4.74 Å². The van der Waals surface area contributed by atoms with Gasteiger partial charge >= 0.3 is 0 Å². The predicted molar refractivity (Wildman–Crippen MR) is 94.1 cm³/mol. The van der Waals surface area contributed by atoms with Crippen LogP contribution in [-0.4, -0.2) is 55.2 Å². The van der Waals surface area contributed by atoms with Crippen molar-refractivity contribution in [3.05, 3.63) is 30.1 Å². The van der Waals surface area contributed by atoms with Gasteiger partial charge < -0.3 is 20.7 Å². The van der Waals surface area contributed by atoms with Gasteiger partial charge in [0, 0.05) is 38.6 Å². The highest BCUT2D eigenvalue weighted by atomic mass is 16.5. The van der Waals surface area contributed by atoms with E-state index >= 15 is 0 Å². The van der Waals surface area contributed by atoms with E-state index < -0.39 is 0 Å². The van der Waals surface area contributed by atoms with Gasteiger partial charge in [0.05, 0.1) is 17.7 Å². The molecule has 3 N–H and O–H groups in total. The Bertz CT molecular complexity index is 541. The quantitative estimate of drug-likeness (QED) is 0.393. The average Bonchev–Trinajstić information content (AvgIpc) is 3.04. The molecule has 0 radical (unpaired) electrons. The lowest BCUT2D eigenvalue weighted by Gasteiger charge is -2.21. The van der Waals surface area contributed by atoms with Crippen LogP contribution in [0.1, 0.15) is 37.0 Å². The molecule has 1 fully saturated rings. The predicted octanol–water partition coefficient (Wildman–Crippen LogP) is 0.936. The van der Waals surface area contributed by atoms with Gasteiger partial charge in [-0.3, -0.25) is 14.8 Å². The molecule has 132 valence electrons. The minimum Gasteiger partial charge on any atom is -0.373 e. The lowest BCUT2D eigenvalue weighted by molar-refractivity contribution is 0.0283. The molecule has 2 rings (SSSR count). The zero-order valence-corrected chi connectivity index (χ0v) is 14.5. The SMILES string of the molecule is CCNC(=NCC1(C)CCCO1)NCCNC(=O)c1cccnc1. The first-order valence-electron chi connectivity index (χ1n) is 8.47. The number of hydrogen-bond acceptors (Lipinski definition) is 4. The van der Waals surface area contributed by atoms with E-state index in [1.54, 1.807) is 24.5 Å². The zero-order valence-electron chi connectivity index (χ0n) is 14.5. The van der Waals surface area contributed by atoms with E-state index in [1.807, 2.05) is 6.92 Å². The molecule has 0 bridgehead atoms. The van der Waals surface area contributed by atoms with Crippen LogP contribution in [0.3, 0.4) is 0 Å². The number of ether oxygens (including phenoxy) is 1. The molecule has 7 nitrogen and oxygen atoms in total. The van der Waals surface area contributed by atoms with Gasteiger partial charge in [-0.15, -0.1) is 0 Å². The second-order valence-electron chi connectivity index (χ2n) is 6.02. The topological polar surface area (TPSA) is 87.6 Å². The van der Waals surface area contributed by atoms with Crippen LogP contribution in [0.15, 0.2) is 29.5 Å². The third-order valence-electron chi connectivity index (χ3n) is 3.84. The Kier molecular flexibility index (Phi) is 6.99. The lowest BCUT2D eigenvalue weighted by atomic mass is 10.0. The second kappa shape index (κ2) is 9.22. The molecular weight excluding hydrogens is 306 g/mol. The molecule has 1 amide bonds. The largest absolute Gasteiger partial charge is 0.373 e. The number of aromatic nitrogens is 1. The molecule has 7 heteroatoms. The van der Waals surface area contributed by atoms with Crippen LogP contribution in [0.25, 0.3) is 0 Å². The smallest absolute Gasteiger partial charge is 0.252 e. The maximum atomic E-state index is 11.9. The van der Waals surface area contributed by atoms with Crippen LogP contribution in [0, 0.1) is 0 Å². The minimum absolute atomic E-state index is 0.126. The van der Waals surface area contributed by atoms with E-state index in [9.17, 15) is 4.79 Å². The van der Waals surface area contributed by atoms with E-state index in [-0.39, 0.29) is 11.5 Å². The lowest BCUT2D eigenvalue weighted by Crippen LogP contribution is -2.42. The Morgan fingerprint density at radius 2 is 2.21 bits per heavy atom. The number of hydrogen-bond donors (Lipinski definition) is 3. The first kappa shape index (κ1) is 18.2. The number of pyridine rings is 1. The highest BCUT2D eigenvalue weighted by Crippen LogP contribution is 2.24. The number of guanidine groups is 1. The van der Waals surface area contributed by atoms with Gasteiger partial charge in [0.1, 0.15) is 0 Å². The Labute approximate surface area is 143 Å². The minimum atomic E-state index is -0.156. The van der Waals surface area contributed by atoms with Crippen LogP contribution >= 0.6 is 0 Å². The highest BCUT2D eigenvalue weighted by molar-refractivity contribution is 5.93. The first-order valence-corrected chi connectivity index (χ1v) is 8.47. The van der Waals surface area contributed by atoms with Crippen LogP contribution < -0.4 is 16.0 Å². The highest BCUT2D eigenvalue weighted by Gasteiger charge is 2.29. The van der Waals surface area contributed by atoms with E-state index in [0.717, 1.165) is 32.0 Å². The maximum absolute atomic E-state index is 11.9. The summed E-state index contributed by atoms with van der Waals surface area (Å²) in [5.41, 5.74) is 0.404. The molecule has 1 aromatic heterocycles. The van der Waals surface area contributed by atoms with Crippen molar-refractivity contribution >= 4 is 11.9 Å². The average molecular weight is 333 g/mol. The Balaban J connectivity index is 1.74. The summed E-state index contributed by atoms with van der Waals surface area (Å²) < 4.78 is 5.75. The summed E-state index contributed by atoms with van der Waals surface area (Å²) in [7, 11) is 0. The van der Waals surface area contributed by atoms with Crippen LogP contribution in [0.5, 0.6) is 0 Å². The third kappa shape index (κ3) is 5.81. The number of amides is 1. The maximum Gasteiger partial charge on any atom is 0.252 e. The molecule has 1 atom stereocenters.